The molecular formula is CH7NOSi2. The van der Waals surface area contributed by atoms with E-state index >= 15 is 0 Å². The molecule has 0 aliphatic rings. The number of rotatable bonds is 0. The first-order valence-electron chi connectivity index (χ1n) is 1.42. The molecule has 0 aromatic heterocycles. The minimum Gasteiger partial charge on any atom is -0.412 e. The quantitative estimate of drug-likeness (QED) is 0.157. The van der Waals surface area contributed by atoms with E-state index in [1.165, 1.54) is 0 Å². The van der Waals surface area contributed by atoms with Crippen LogP contribution in [-0.2, 0) is 0 Å². The lowest BCUT2D eigenvalue weighted by Crippen LogP contribution is -1.92. The van der Waals surface area contributed by atoms with Gasteiger partial charge in [-0.2, -0.15) is 0 Å². The fourth-order valence-electron chi connectivity index (χ4n) is 0. The van der Waals surface area contributed by atoms with Crippen molar-refractivity contribution in [3.8, 4) is 0 Å². The van der Waals surface area contributed by atoms with Gasteiger partial charge in [0.25, 0.3) is 0 Å². The smallest absolute Gasteiger partial charge is 0.0544 e. The Bertz CT molecular complexity index is 47.6. The monoisotopic (exact) mass is 105 g/mol. The summed E-state index contributed by atoms with van der Waals surface area (Å²) >= 11 is 0. The van der Waals surface area contributed by atoms with Crippen LogP contribution in [0.1, 0.15) is 0 Å². The Morgan fingerprint density at radius 1 is 1.60 bits per heavy atom. The Morgan fingerprint density at radius 2 is 1.80 bits per heavy atom. The van der Waals surface area contributed by atoms with E-state index in [1.807, 2.05) is 0 Å². The third-order valence-corrected chi connectivity index (χ3v) is 0.600. The fourth-order valence-corrected chi connectivity index (χ4v) is 0. The molecule has 0 rings (SSSR count). The Balaban J connectivity index is 3.14. The summed E-state index contributed by atoms with van der Waals surface area (Å²) in [5, 5.41) is 10.7. The highest BCUT2D eigenvalue weighted by molar-refractivity contribution is 6.89. The van der Waals surface area contributed by atoms with Gasteiger partial charge in [-0.1, -0.05) is 0 Å². The summed E-state index contributed by atoms with van der Waals surface area (Å²) in [6.45, 7) is 0. The summed E-state index contributed by atoms with van der Waals surface area (Å²) in [6, 6.07) is 0. The zero-order valence-corrected chi connectivity index (χ0v) is 7.39. The molecular weight excluding hydrogens is 98.2 g/mol. The molecule has 2 nitrogen and oxygen atoms in total. The average molecular weight is 105 g/mol. The predicted octanol–water partition coefficient (Wildman–Crippen LogP) is -2.54. The maximum atomic E-state index is 7.80. The van der Waals surface area contributed by atoms with Crippen molar-refractivity contribution in [1.29, 1.82) is 0 Å². The van der Waals surface area contributed by atoms with E-state index in [0.29, 0.717) is 0 Å². The van der Waals surface area contributed by atoms with Gasteiger partial charge in [-0.05, 0) is 0 Å². The SMILES string of the molecule is ON=C([SiH3])[SiH3]. The third kappa shape index (κ3) is 3.90. The number of nitrogens with zero attached hydrogens (tertiary/aromatic N) is 1. The van der Waals surface area contributed by atoms with Crippen molar-refractivity contribution < 1.29 is 5.21 Å². The van der Waals surface area contributed by atoms with Crippen molar-refractivity contribution >= 4 is 25.4 Å². The molecule has 0 aromatic carbocycles. The van der Waals surface area contributed by atoms with E-state index < -0.39 is 0 Å². The lowest BCUT2D eigenvalue weighted by Gasteiger charge is -1.72. The van der Waals surface area contributed by atoms with Crippen LogP contribution in [0.25, 0.3) is 0 Å². The lowest BCUT2D eigenvalue weighted by atomic mass is 11.7. The van der Waals surface area contributed by atoms with Crippen LogP contribution in [0.5, 0.6) is 0 Å². The summed E-state index contributed by atoms with van der Waals surface area (Å²) in [5.41, 5.74) is 0. The molecule has 5 heavy (non-hydrogen) atoms. The molecule has 0 amide bonds. The van der Waals surface area contributed by atoms with Crippen LogP contribution >= 0.6 is 0 Å². The molecule has 0 bridgehead atoms. The molecule has 0 heterocycles. The second-order valence-electron chi connectivity index (χ2n) is 1.05. The highest BCUT2D eigenvalue weighted by Crippen LogP contribution is 1.48. The summed E-state index contributed by atoms with van der Waals surface area (Å²) in [5.74, 6) is 0. The molecule has 0 aromatic rings. The normalized spacial score (nSPS) is 8.00. The van der Waals surface area contributed by atoms with Gasteiger partial charge in [0.05, 0.1) is 20.5 Å². The van der Waals surface area contributed by atoms with Crippen LogP contribution in [0.15, 0.2) is 5.16 Å². The molecule has 0 aliphatic carbocycles. The standard InChI is InChI=1S/CH7NOSi2/c3-2-1(4)5/h3H,4-5H3. The second kappa shape index (κ2) is 2.16. The summed E-state index contributed by atoms with van der Waals surface area (Å²) in [7, 11) is 1.86. The van der Waals surface area contributed by atoms with Crippen LogP contribution in [0.3, 0.4) is 0 Å². The van der Waals surface area contributed by atoms with Crippen molar-refractivity contribution in [2.75, 3.05) is 0 Å². The van der Waals surface area contributed by atoms with Crippen LogP contribution in [-0.4, -0.2) is 30.7 Å². The van der Waals surface area contributed by atoms with E-state index in [9.17, 15) is 0 Å². The largest absolute Gasteiger partial charge is 0.412 e. The molecule has 4 heteroatoms. The first-order chi connectivity index (χ1) is 2.27. The maximum Gasteiger partial charge on any atom is 0.0544 e. The fraction of sp³-hybridized carbons (Fsp3) is 0. The molecule has 0 saturated heterocycles. The highest BCUT2D eigenvalue weighted by Gasteiger charge is 1.65. The minimum atomic E-state index is 0.931. The second-order valence-corrected chi connectivity index (χ2v) is 5.94. The molecule has 30 valence electrons. The van der Waals surface area contributed by atoms with Crippen molar-refractivity contribution in [1.82, 2.24) is 0 Å². The van der Waals surface area contributed by atoms with Crippen LogP contribution in [0.2, 0.25) is 0 Å². The third-order valence-electron chi connectivity index (χ3n) is 0.200. The van der Waals surface area contributed by atoms with Crippen LogP contribution < -0.4 is 0 Å². The van der Waals surface area contributed by atoms with Crippen molar-refractivity contribution in [2.24, 2.45) is 5.16 Å². The van der Waals surface area contributed by atoms with Crippen molar-refractivity contribution in [2.45, 2.75) is 0 Å². The van der Waals surface area contributed by atoms with E-state index in [2.05, 4.69) is 5.16 Å². The van der Waals surface area contributed by atoms with E-state index in [-0.39, 0.29) is 0 Å². The van der Waals surface area contributed by atoms with Crippen molar-refractivity contribution in [3.63, 3.8) is 0 Å². The van der Waals surface area contributed by atoms with Gasteiger partial charge in [0.15, 0.2) is 0 Å². The van der Waals surface area contributed by atoms with E-state index in [4.69, 9.17) is 5.21 Å². The molecule has 0 fully saturated rings. The molecule has 0 atom stereocenters. The molecule has 0 aliphatic heterocycles. The summed E-state index contributed by atoms with van der Waals surface area (Å²) in [4.78, 5) is 0.963. The molecule has 0 spiro atoms. The predicted molar refractivity (Wildman–Crippen MR) is 29.1 cm³/mol. The maximum absolute atomic E-state index is 7.80. The first kappa shape index (κ1) is 4.90. The van der Waals surface area contributed by atoms with Gasteiger partial charge in [0.1, 0.15) is 0 Å². The van der Waals surface area contributed by atoms with Crippen LogP contribution in [0, 0.1) is 0 Å². The molecule has 0 saturated carbocycles. The average Bonchev–Trinajstić information content (AvgIpc) is 1.38. The Kier molecular flexibility index (Phi) is 2.12. The van der Waals surface area contributed by atoms with Gasteiger partial charge in [-0.3, -0.25) is 0 Å². The van der Waals surface area contributed by atoms with Crippen molar-refractivity contribution in [3.05, 3.63) is 0 Å². The molecule has 0 unspecified atom stereocenters. The minimum absolute atomic E-state index is 0.931. The van der Waals surface area contributed by atoms with Gasteiger partial charge in [0, 0.05) is 4.96 Å². The number of hydrogen-bond donors (Lipinski definition) is 1. The summed E-state index contributed by atoms with van der Waals surface area (Å²) < 4.78 is 0. The highest BCUT2D eigenvalue weighted by atomic mass is 28.2. The zero-order chi connectivity index (χ0) is 4.28. The Hall–Kier alpha value is -0.0962. The lowest BCUT2D eigenvalue weighted by molar-refractivity contribution is 0.322. The van der Waals surface area contributed by atoms with Crippen LogP contribution in [0.4, 0.5) is 0 Å². The topological polar surface area (TPSA) is 32.6 Å². The zero-order valence-electron chi connectivity index (χ0n) is 3.39. The van der Waals surface area contributed by atoms with E-state index in [1.54, 1.807) is 0 Å². The summed E-state index contributed by atoms with van der Waals surface area (Å²) in [6.07, 6.45) is 0. The van der Waals surface area contributed by atoms with Gasteiger partial charge >= 0.3 is 0 Å². The Labute approximate surface area is 36.7 Å². The molecule has 1 N–H and O–H groups in total. The number of oxime groups is 1. The van der Waals surface area contributed by atoms with Gasteiger partial charge in [-0.25, -0.2) is 0 Å². The molecule has 0 radical (unpaired) electrons. The van der Waals surface area contributed by atoms with E-state index in [0.717, 1.165) is 25.4 Å². The Morgan fingerprint density at radius 3 is 1.80 bits per heavy atom. The van der Waals surface area contributed by atoms with Gasteiger partial charge in [0.2, 0.25) is 0 Å². The number of hydrogen-bond acceptors (Lipinski definition) is 2. The first-order valence-corrected chi connectivity index (χ1v) is 3.42. The van der Waals surface area contributed by atoms with Gasteiger partial charge < -0.3 is 5.21 Å². The van der Waals surface area contributed by atoms with Gasteiger partial charge in [-0.15, -0.1) is 5.16 Å².